The SMILES string of the molecule is O=C(/C(=N\Nc1cccc(Cl)c1)c1nc(O)c(N=Nc2cccc(Cl)c2)s1)c1ccccc1. The standard InChI is InChI=1S/C23H15Cl2N5O2S/c24-15-8-4-10-17(12-15)27-29-19(20(31)14-6-2-1-3-7-14)22-26-21(32)23(33-22)30-28-18-11-5-9-16(25)13-18/h1-13,27,32H/b29-19+,30-28?. The molecule has 0 aliphatic rings. The predicted octanol–water partition coefficient (Wildman–Crippen LogP) is 7.27. The molecule has 2 N–H and O–H groups in total. The van der Waals surface area contributed by atoms with Crippen molar-refractivity contribution in [3.05, 3.63) is 99.5 Å². The molecule has 3 aromatic carbocycles. The van der Waals surface area contributed by atoms with Gasteiger partial charge in [-0.15, -0.1) is 10.2 Å². The Morgan fingerprint density at radius 2 is 1.64 bits per heavy atom. The summed E-state index contributed by atoms with van der Waals surface area (Å²) >= 11 is 13.0. The van der Waals surface area contributed by atoms with Crippen LogP contribution in [0.1, 0.15) is 15.4 Å². The van der Waals surface area contributed by atoms with Crippen LogP contribution in [0.5, 0.6) is 5.88 Å². The molecular weight excluding hydrogens is 481 g/mol. The van der Waals surface area contributed by atoms with Crippen LogP contribution < -0.4 is 5.43 Å². The number of Topliss-reactive ketones (excluding diaryl/α,β-unsaturated/α-hetero) is 1. The van der Waals surface area contributed by atoms with Gasteiger partial charge in [0.2, 0.25) is 10.8 Å². The average molecular weight is 496 g/mol. The molecule has 7 nitrogen and oxygen atoms in total. The summed E-state index contributed by atoms with van der Waals surface area (Å²) in [6.45, 7) is 0. The van der Waals surface area contributed by atoms with E-state index in [2.05, 4.69) is 25.7 Å². The van der Waals surface area contributed by atoms with Crippen molar-refractivity contribution in [1.82, 2.24) is 4.98 Å². The molecule has 0 amide bonds. The first kappa shape index (κ1) is 22.6. The van der Waals surface area contributed by atoms with E-state index in [0.717, 1.165) is 11.3 Å². The quantitative estimate of drug-likeness (QED) is 0.122. The third-order valence-corrected chi connectivity index (χ3v) is 5.64. The minimum atomic E-state index is -0.378. The summed E-state index contributed by atoms with van der Waals surface area (Å²) in [6, 6.07) is 22.3. The molecule has 164 valence electrons. The number of aromatic hydroxyl groups is 1. The summed E-state index contributed by atoms with van der Waals surface area (Å²) in [5.41, 5.74) is 4.34. The average Bonchev–Trinajstić information content (AvgIpc) is 3.18. The van der Waals surface area contributed by atoms with Crippen molar-refractivity contribution < 1.29 is 9.90 Å². The Hall–Kier alpha value is -3.59. The number of nitrogens with zero attached hydrogens (tertiary/aromatic N) is 4. The lowest BCUT2D eigenvalue weighted by Gasteiger charge is -2.05. The lowest BCUT2D eigenvalue weighted by Crippen LogP contribution is -2.17. The van der Waals surface area contributed by atoms with Gasteiger partial charge in [-0.25, -0.2) is 0 Å². The van der Waals surface area contributed by atoms with E-state index in [1.807, 2.05) is 0 Å². The van der Waals surface area contributed by atoms with Crippen LogP contribution in [-0.4, -0.2) is 21.6 Å². The number of anilines is 1. The Bertz CT molecular complexity index is 1360. The lowest BCUT2D eigenvalue weighted by atomic mass is 10.1. The number of thiazole rings is 1. The summed E-state index contributed by atoms with van der Waals surface area (Å²) < 4.78 is 0. The van der Waals surface area contributed by atoms with Crippen LogP contribution in [0.4, 0.5) is 16.4 Å². The molecule has 0 aliphatic heterocycles. The molecule has 0 spiro atoms. The zero-order valence-electron chi connectivity index (χ0n) is 16.8. The molecule has 0 atom stereocenters. The van der Waals surface area contributed by atoms with E-state index in [1.165, 1.54) is 0 Å². The highest BCUT2D eigenvalue weighted by Gasteiger charge is 2.23. The fourth-order valence-electron chi connectivity index (χ4n) is 2.71. The molecule has 4 rings (SSSR count). The van der Waals surface area contributed by atoms with Gasteiger partial charge in [0.05, 0.1) is 11.4 Å². The molecule has 1 heterocycles. The first-order chi connectivity index (χ1) is 16.0. The van der Waals surface area contributed by atoms with Gasteiger partial charge >= 0.3 is 0 Å². The zero-order chi connectivity index (χ0) is 23.2. The molecule has 0 fully saturated rings. The van der Waals surface area contributed by atoms with Gasteiger partial charge in [-0.2, -0.15) is 10.1 Å². The van der Waals surface area contributed by atoms with E-state index in [9.17, 15) is 9.90 Å². The predicted molar refractivity (Wildman–Crippen MR) is 132 cm³/mol. The van der Waals surface area contributed by atoms with Crippen molar-refractivity contribution in [2.75, 3.05) is 5.43 Å². The van der Waals surface area contributed by atoms with Gasteiger partial charge in [-0.3, -0.25) is 10.2 Å². The monoisotopic (exact) mass is 495 g/mol. The Morgan fingerprint density at radius 3 is 2.36 bits per heavy atom. The number of nitrogens with one attached hydrogen (secondary N) is 1. The number of azo groups is 1. The van der Waals surface area contributed by atoms with Crippen molar-refractivity contribution in [1.29, 1.82) is 0 Å². The van der Waals surface area contributed by atoms with E-state index in [1.54, 1.807) is 78.9 Å². The van der Waals surface area contributed by atoms with Crippen LogP contribution in [-0.2, 0) is 0 Å². The van der Waals surface area contributed by atoms with Crippen molar-refractivity contribution in [3.63, 3.8) is 0 Å². The number of benzene rings is 3. The topological polar surface area (TPSA) is 99.3 Å². The third kappa shape index (κ3) is 5.81. The summed E-state index contributed by atoms with van der Waals surface area (Å²) in [7, 11) is 0. The van der Waals surface area contributed by atoms with Gasteiger partial charge in [-0.05, 0) is 36.4 Å². The first-order valence-electron chi connectivity index (χ1n) is 9.56. The van der Waals surface area contributed by atoms with E-state index in [-0.39, 0.29) is 27.4 Å². The van der Waals surface area contributed by atoms with E-state index < -0.39 is 0 Å². The van der Waals surface area contributed by atoms with Gasteiger partial charge in [0.1, 0.15) is 0 Å². The van der Waals surface area contributed by atoms with E-state index in [0.29, 0.717) is 27.0 Å². The summed E-state index contributed by atoms with van der Waals surface area (Å²) in [6.07, 6.45) is 0. The number of hydrogen-bond donors (Lipinski definition) is 2. The largest absolute Gasteiger partial charge is 0.491 e. The molecule has 0 saturated heterocycles. The second-order valence-corrected chi connectivity index (χ2v) is 8.46. The molecule has 1 aromatic heterocycles. The van der Waals surface area contributed by atoms with Crippen molar-refractivity contribution in [3.8, 4) is 5.88 Å². The maximum absolute atomic E-state index is 13.2. The fourth-order valence-corrected chi connectivity index (χ4v) is 3.86. The fraction of sp³-hybridized carbons (Fsp3) is 0. The highest BCUT2D eigenvalue weighted by atomic mass is 35.5. The van der Waals surface area contributed by atoms with Gasteiger partial charge < -0.3 is 5.11 Å². The molecule has 0 unspecified atom stereocenters. The molecule has 0 saturated carbocycles. The van der Waals surface area contributed by atoms with Gasteiger partial charge in [0.15, 0.2) is 10.7 Å². The Balaban J connectivity index is 1.69. The molecule has 0 radical (unpaired) electrons. The minimum absolute atomic E-state index is 0.00526. The van der Waals surface area contributed by atoms with Gasteiger partial charge in [0, 0.05) is 15.6 Å². The Morgan fingerprint density at radius 1 is 0.909 bits per heavy atom. The lowest BCUT2D eigenvalue weighted by molar-refractivity contribution is 0.106. The van der Waals surface area contributed by atoms with Gasteiger partial charge in [0.25, 0.3) is 5.88 Å². The Kier molecular flexibility index (Phi) is 7.09. The minimum Gasteiger partial charge on any atom is -0.491 e. The molecule has 10 heteroatoms. The molecule has 4 aromatic rings. The smallest absolute Gasteiger partial charge is 0.251 e. The maximum Gasteiger partial charge on any atom is 0.251 e. The number of ketones is 1. The number of hydrazone groups is 1. The highest BCUT2D eigenvalue weighted by molar-refractivity contribution is 7.18. The van der Waals surface area contributed by atoms with Crippen molar-refractivity contribution in [2.24, 2.45) is 15.3 Å². The summed E-state index contributed by atoms with van der Waals surface area (Å²) in [4.78, 5) is 17.3. The number of carbonyl (C=O) groups is 1. The van der Waals surface area contributed by atoms with Crippen molar-refractivity contribution >= 4 is 62.4 Å². The second-order valence-electron chi connectivity index (χ2n) is 6.61. The first-order valence-corrected chi connectivity index (χ1v) is 11.1. The van der Waals surface area contributed by atoms with Crippen LogP contribution in [0.15, 0.2) is 94.2 Å². The van der Waals surface area contributed by atoms with Crippen LogP contribution in [0.25, 0.3) is 0 Å². The normalized spacial score (nSPS) is 11.6. The van der Waals surface area contributed by atoms with E-state index >= 15 is 0 Å². The molecular formula is C23H15Cl2N5O2S. The summed E-state index contributed by atoms with van der Waals surface area (Å²) in [5, 5.41) is 24.0. The van der Waals surface area contributed by atoms with Crippen LogP contribution in [0.3, 0.4) is 0 Å². The maximum atomic E-state index is 13.2. The molecule has 0 aliphatic carbocycles. The zero-order valence-corrected chi connectivity index (χ0v) is 19.1. The highest BCUT2D eigenvalue weighted by Crippen LogP contribution is 2.35. The van der Waals surface area contributed by atoms with Crippen LogP contribution >= 0.6 is 34.5 Å². The number of carbonyl (C=O) groups excluding carboxylic acids is 1. The van der Waals surface area contributed by atoms with E-state index in [4.69, 9.17) is 23.2 Å². The Labute approximate surface area is 203 Å². The molecule has 0 bridgehead atoms. The second kappa shape index (κ2) is 10.4. The summed E-state index contributed by atoms with van der Waals surface area (Å²) in [5.74, 6) is -0.741. The number of halogens is 2. The number of aromatic nitrogens is 1. The number of hydrogen-bond acceptors (Lipinski definition) is 8. The molecule has 33 heavy (non-hydrogen) atoms. The third-order valence-electron chi connectivity index (χ3n) is 4.23. The van der Waals surface area contributed by atoms with Crippen molar-refractivity contribution in [2.45, 2.75) is 0 Å². The van der Waals surface area contributed by atoms with Crippen LogP contribution in [0.2, 0.25) is 10.0 Å². The van der Waals surface area contributed by atoms with Gasteiger partial charge in [-0.1, -0.05) is 77.0 Å². The number of rotatable bonds is 7. The van der Waals surface area contributed by atoms with Crippen LogP contribution in [0, 0.1) is 0 Å².